The molecule has 0 aromatic heterocycles. The van der Waals surface area contributed by atoms with Gasteiger partial charge in [-0.15, -0.1) is 0 Å². The SMILES string of the molecule is CC(C)NCCCN1CCCCC1.CC(C)NCCCN1CCCCCCC1.CCCN1CCN(CCCNC(C)C)CC1. The average molecular weight is 624 g/mol. The Bertz CT molecular complexity index is 578. The molecule has 3 aliphatic heterocycles. The van der Waals surface area contributed by atoms with Gasteiger partial charge in [0.25, 0.3) is 0 Å². The summed E-state index contributed by atoms with van der Waals surface area (Å²) in [6.07, 6.45) is 16.6. The fourth-order valence-electron chi connectivity index (χ4n) is 6.35. The summed E-state index contributed by atoms with van der Waals surface area (Å²) in [6, 6.07) is 1.90. The van der Waals surface area contributed by atoms with Crippen molar-refractivity contribution in [1.82, 2.24) is 35.6 Å². The number of piperidine rings is 1. The molecule has 7 heteroatoms. The molecule has 0 amide bonds. The quantitative estimate of drug-likeness (QED) is 0.174. The molecule has 0 bridgehead atoms. The van der Waals surface area contributed by atoms with Crippen molar-refractivity contribution >= 4 is 0 Å². The van der Waals surface area contributed by atoms with Crippen LogP contribution in [0.15, 0.2) is 0 Å². The van der Waals surface area contributed by atoms with Gasteiger partial charge < -0.3 is 35.6 Å². The molecule has 0 saturated carbocycles. The minimum atomic E-state index is 0.626. The molecule has 0 spiro atoms. The van der Waals surface area contributed by atoms with Crippen LogP contribution >= 0.6 is 0 Å². The molecule has 0 unspecified atom stereocenters. The van der Waals surface area contributed by atoms with E-state index in [-0.39, 0.29) is 0 Å². The molecule has 7 nitrogen and oxygen atoms in total. The van der Waals surface area contributed by atoms with Crippen molar-refractivity contribution in [1.29, 1.82) is 0 Å². The molecule has 3 aliphatic rings. The van der Waals surface area contributed by atoms with E-state index in [4.69, 9.17) is 0 Å². The van der Waals surface area contributed by atoms with Gasteiger partial charge in [-0.25, -0.2) is 0 Å². The van der Waals surface area contributed by atoms with Crippen LogP contribution in [0.3, 0.4) is 0 Å². The lowest BCUT2D eigenvalue weighted by molar-refractivity contribution is 0.131. The van der Waals surface area contributed by atoms with Gasteiger partial charge in [-0.2, -0.15) is 0 Å². The first-order valence-corrected chi connectivity index (χ1v) is 19.4. The number of piperazine rings is 1. The molecule has 3 heterocycles. The summed E-state index contributed by atoms with van der Waals surface area (Å²) in [6.45, 7) is 34.6. The predicted octanol–water partition coefficient (Wildman–Crippen LogP) is 5.90. The van der Waals surface area contributed by atoms with Gasteiger partial charge in [0.15, 0.2) is 0 Å². The van der Waals surface area contributed by atoms with Gasteiger partial charge in [-0.1, -0.05) is 74.1 Å². The third-order valence-corrected chi connectivity index (χ3v) is 9.01. The Labute approximate surface area is 277 Å². The third kappa shape index (κ3) is 25.9. The van der Waals surface area contributed by atoms with Gasteiger partial charge in [0.1, 0.15) is 0 Å². The highest BCUT2D eigenvalue weighted by atomic mass is 15.3. The number of rotatable bonds is 17. The van der Waals surface area contributed by atoms with Gasteiger partial charge in [0.2, 0.25) is 0 Å². The van der Waals surface area contributed by atoms with E-state index < -0.39 is 0 Å². The number of hydrogen-bond acceptors (Lipinski definition) is 7. The van der Waals surface area contributed by atoms with Crippen LogP contribution in [0.25, 0.3) is 0 Å². The molecule has 0 aliphatic carbocycles. The normalized spacial score (nSPS) is 19.8. The zero-order valence-electron chi connectivity index (χ0n) is 31.1. The second-order valence-corrected chi connectivity index (χ2v) is 14.6. The van der Waals surface area contributed by atoms with Crippen molar-refractivity contribution in [3.63, 3.8) is 0 Å². The first-order chi connectivity index (χ1) is 21.3. The monoisotopic (exact) mass is 624 g/mol. The average Bonchev–Trinajstić information content (AvgIpc) is 2.98. The Morgan fingerprint density at radius 1 is 0.386 bits per heavy atom. The standard InChI is InChI=1S/C13H29N3.C13H28N2.C11H24N2/c1-4-7-15-9-11-16(12-10-15)8-5-6-14-13(2)3;1-13(2)14-9-8-12-15-10-6-4-3-5-7-11-15;1-11(2)12-7-6-10-13-8-4-3-5-9-13/h13-14H,4-12H2,1-3H3;13-14H,3-12H2,1-2H3;11-12H,3-10H2,1-2H3. The molecule has 0 radical (unpaired) electrons. The number of likely N-dealkylation sites (tertiary alicyclic amines) is 2. The van der Waals surface area contributed by atoms with Crippen LogP contribution in [0.5, 0.6) is 0 Å². The Hall–Kier alpha value is -0.280. The van der Waals surface area contributed by atoms with Crippen LogP contribution in [0, 0.1) is 0 Å². The molecule has 3 fully saturated rings. The van der Waals surface area contributed by atoms with Crippen LogP contribution in [0.1, 0.15) is 126 Å². The van der Waals surface area contributed by atoms with Crippen molar-refractivity contribution in [3.8, 4) is 0 Å². The van der Waals surface area contributed by atoms with Gasteiger partial charge in [0.05, 0.1) is 0 Å². The zero-order chi connectivity index (χ0) is 32.3. The van der Waals surface area contributed by atoms with Crippen LogP contribution in [0.2, 0.25) is 0 Å². The summed E-state index contributed by atoms with van der Waals surface area (Å²) in [7, 11) is 0. The second kappa shape index (κ2) is 28.9. The van der Waals surface area contributed by atoms with Crippen molar-refractivity contribution in [2.75, 3.05) is 98.2 Å². The van der Waals surface area contributed by atoms with E-state index in [1.807, 2.05) is 0 Å². The van der Waals surface area contributed by atoms with E-state index in [9.17, 15) is 0 Å². The summed E-state index contributed by atoms with van der Waals surface area (Å²) in [4.78, 5) is 10.4. The topological polar surface area (TPSA) is 49.1 Å². The smallest absolute Gasteiger partial charge is 0.0110 e. The molecular weight excluding hydrogens is 542 g/mol. The molecule has 3 N–H and O–H groups in total. The summed E-state index contributed by atoms with van der Waals surface area (Å²) in [5.74, 6) is 0. The van der Waals surface area contributed by atoms with Crippen molar-refractivity contribution in [2.45, 2.75) is 144 Å². The lowest BCUT2D eigenvalue weighted by Crippen LogP contribution is -2.47. The molecular formula is C37H81N7. The largest absolute Gasteiger partial charge is 0.314 e. The Balaban J connectivity index is 0.000000332. The highest BCUT2D eigenvalue weighted by molar-refractivity contribution is 4.72. The zero-order valence-corrected chi connectivity index (χ0v) is 31.1. The molecule has 0 atom stereocenters. The fraction of sp³-hybridized carbons (Fsp3) is 1.00. The lowest BCUT2D eigenvalue weighted by atomic mass is 10.1. The predicted molar refractivity (Wildman–Crippen MR) is 196 cm³/mol. The maximum absolute atomic E-state index is 3.49. The second-order valence-electron chi connectivity index (χ2n) is 14.6. The van der Waals surface area contributed by atoms with Crippen molar-refractivity contribution < 1.29 is 0 Å². The van der Waals surface area contributed by atoms with E-state index in [1.165, 1.54) is 169 Å². The maximum atomic E-state index is 3.49. The Morgan fingerprint density at radius 3 is 0.977 bits per heavy atom. The van der Waals surface area contributed by atoms with E-state index >= 15 is 0 Å². The van der Waals surface area contributed by atoms with Gasteiger partial charge in [-0.05, 0) is 123 Å². The van der Waals surface area contributed by atoms with E-state index in [0.717, 1.165) is 6.54 Å². The van der Waals surface area contributed by atoms with Crippen LogP contribution in [-0.4, -0.2) is 136 Å². The highest BCUT2D eigenvalue weighted by Crippen LogP contribution is 2.10. The number of hydrogen-bond donors (Lipinski definition) is 3. The number of nitrogens with zero attached hydrogens (tertiary/aromatic N) is 4. The minimum Gasteiger partial charge on any atom is -0.314 e. The minimum absolute atomic E-state index is 0.626. The fourth-order valence-corrected chi connectivity index (χ4v) is 6.35. The summed E-state index contributed by atoms with van der Waals surface area (Å²) >= 11 is 0. The lowest BCUT2D eigenvalue weighted by Gasteiger charge is -2.34. The van der Waals surface area contributed by atoms with Crippen molar-refractivity contribution in [2.24, 2.45) is 0 Å². The number of nitrogens with one attached hydrogen (secondary N) is 3. The molecule has 3 rings (SSSR count). The van der Waals surface area contributed by atoms with Crippen LogP contribution in [-0.2, 0) is 0 Å². The summed E-state index contributed by atoms with van der Waals surface area (Å²) in [5, 5.41) is 10.4. The van der Waals surface area contributed by atoms with Crippen LogP contribution < -0.4 is 16.0 Å². The summed E-state index contributed by atoms with van der Waals surface area (Å²) < 4.78 is 0. The molecule has 3 saturated heterocycles. The third-order valence-electron chi connectivity index (χ3n) is 9.01. The first-order valence-electron chi connectivity index (χ1n) is 19.4. The Kier molecular flexibility index (Phi) is 27.4. The molecule has 264 valence electrons. The van der Waals surface area contributed by atoms with E-state index in [0.29, 0.717) is 18.1 Å². The molecule has 0 aromatic rings. The Morgan fingerprint density at radius 2 is 0.659 bits per heavy atom. The van der Waals surface area contributed by atoms with Gasteiger partial charge >= 0.3 is 0 Å². The van der Waals surface area contributed by atoms with Crippen molar-refractivity contribution in [3.05, 3.63) is 0 Å². The highest BCUT2D eigenvalue weighted by Gasteiger charge is 2.15. The van der Waals surface area contributed by atoms with E-state index in [1.54, 1.807) is 0 Å². The molecule has 44 heavy (non-hydrogen) atoms. The van der Waals surface area contributed by atoms with E-state index in [2.05, 4.69) is 84.0 Å². The first kappa shape index (κ1) is 41.7. The van der Waals surface area contributed by atoms with Gasteiger partial charge in [-0.3, -0.25) is 0 Å². The summed E-state index contributed by atoms with van der Waals surface area (Å²) in [5.41, 5.74) is 0. The van der Waals surface area contributed by atoms with Crippen LogP contribution in [0.4, 0.5) is 0 Å². The van der Waals surface area contributed by atoms with Gasteiger partial charge in [0, 0.05) is 44.3 Å². The molecule has 0 aromatic carbocycles. The maximum Gasteiger partial charge on any atom is 0.0110 e.